The van der Waals surface area contributed by atoms with Gasteiger partial charge < -0.3 is 20.5 Å². The van der Waals surface area contributed by atoms with Crippen LogP contribution >= 0.6 is 11.6 Å². The van der Waals surface area contributed by atoms with E-state index in [9.17, 15) is 19.5 Å². The minimum absolute atomic E-state index is 0.163. The molecule has 0 spiro atoms. The Bertz CT molecular complexity index is 663. The van der Waals surface area contributed by atoms with Crippen LogP contribution in [0.4, 0.5) is 0 Å². The van der Waals surface area contributed by atoms with Crippen LogP contribution in [-0.4, -0.2) is 48.2 Å². The van der Waals surface area contributed by atoms with E-state index in [4.69, 9.17) is 16.3 Å². The molecule has 142 valence electrons. The van der Waals surface area contributed by atoms with Crippen molar-refractivity contribution in [1.29, 1.82) is 0 Å². The summed E-state index contributed by atoms with van der Waals surface area (Å²) in [6.07, 6.45) is 1.47. The largest absolute Gasteiger partial charge is 0.480 e. The average Bonchev–Trinajstić information content (AvgIpc) is 2.58. The van der Waals surface area contributed by atoms with Gasteiger partial charge in [0.15, 0.2) is 6.04 Å². The van der Waals surface area contributed by atoms with Crippen LogP contribution in [0.5, 0.6) is 0 Å². The number of ether oxygens (including phenoxy) is 1. The van der Waals surface area contributed by atoms with Crippen LogP contribution in [0, 0.1) is 5.92 Å². The van der Waals surface area contributed by atoms with E-state index in [0.29, 0.717) is 0 Å². The van der Waals surface area contributed by atoms with Crippen molar-refractivity contribution in [3.8, 4) is 0 Å². The van der Waals surface area contributed by atoms with E-state index in [1.54, 1.807) is 32.0 Å². The maximum atomic E-state index is 12.5. The van der Waals surface area contributed by atoms with Crippen LogP contribution in [0.3, 0.4) is 0 Å². The van der Waals surface area contributed by atoms with Crippen molar-refractivity contribution >= 4 is 29.4 Å². The van der Waals surface area contributed by atoms with Crippen LogP contribution in [0.25, 0.3) is 0 Å². The van der Waals surface area contributed by atoms with Crippen LogP contribution in [0.15, 0.2) is 36.9 Å². The molecule has 3 N–H and O–H groups in total. The fourth-order valence-electron chi connectivity index (χ4n) is 2.10. The number of benzene rings is 1. The first kappa shape index (κ1) is 21.7. The highest BCUT2D eigenvalue weighted by molar-refractivity contribution is 6.33. The minimum Gasteiger partial charge on any atom is -0.480 e. The van der Waals surface area contributed by atoms with E-state index < -0.39 is 29.9 Å². The third-order valence-corrected chi connectivity index (χ3v) is 3.82. The second kappa shape index (κ2) is 10.6. The molecule has 1 aromatic rings. The third-order valence-electron chi connectivity index (χ3n) is 3.49. The summed E-state index contributed by atoms with van der Waals surface area (Å²) in [6, 6.07) is 4.28. The lowest BCUT2D eigenvalue weighted by molar-refractivity contribution is -0.144. The molecule has 0 saturated carbocycles. The Morgan fingerprint density at radius 1 is 1.27 bits per heavy atom. The summed E-state index contributed by atoms with van der Waals surface area (Å²) >= 11 is 5.99. The Morgan fingerprint density at radius 2 is 1.92 bits per heavy atom. The maximum Gasteiger partial charge on any atom is 0.328 e. The summed E-state index contributed by atoms with van der Waals surface area (Å²) in [5, 5.41) is 14.5. The minimum atomic E-state index is -1.24. The predicted molar refractivity (Wildman–Crippen MR) is 98.1 cm³/mol. The maximum absolute atomic E-state index is 12.5. The number of carbonyl (C=O) groups is 3. The Balaban J connectivity index is 2.83. The Hall–Kier alpha value is -2.38. The molecule has 0 aliphatic carbocycles. The van der Waals surface area contributed by atoms with Crippen LogP contribution in [0.1, 0.15) is 24.2 Å². The summed E-state index contributed by atoms with van der Waals surface area (Å²) in [7, 11) is 0. The smallest absolute Gasteiger partial charge is 0.328 e. The van der Waals surface area contributed by atoms with E-state index in [-0.39, 0.29) is 29.7 Å². The average molecular weight is 383 g/mol. The molecule has 8 heteroatoms. The van der Waals surface area contributed by atoms with E-state index in [1.807, 2.05) is 0 Å². The zero-order valence-electron chi connectivity index (χ0n) is 14.7. The predicted octanol–water partition coefficient (Wildman–Crippen LogP) is 1.87. The van der Waals surface area contributed by atoms with E-state index in [0.717, 1.165) is 0 Å². The highest BCUT2D eigenvalue weighted by Crippen LogP contribution is 2.15. The molecule has 7 nitrogen and oxygen atoms in total. The first-order valence-corrected chi connectivity index (χ1v) is 8.43. The van der Waals surface area contributed by atoms with Crippen molar-refractivity contribution in [3.63, 3.8) is 0 Å². The first-order chi connectivity index (χ1) is 12.3. The fourth-order valence-corrected chi connectivity index (χ4v) is 2.33. The molecule has 26 heavy (non-hydrogen) atoms. The second-order valence-corrected chi connectivity index (χ2v) is 6.31. The van der Waals surface area contributed by atoms with Gasteiger partial charge in [-0.25, -0.2) is 4.79 Å². The lowest BCUT2D eigenvalue weighted by Crippen LogP contribution is -2.54. The van der Waals surface area contributed by atoms with Gasteiger partial charge in [-0.3, -0.25) is 9.59 Å². The molecule has 2 unspecified atom stereocenters. The van der Waals surface area contributed by atoms with E-state index in [1.165, 1.54) is 12.1 Å². The van der Waals surface area contributed by atoms with Crippen molar-refractivity contribution in [2.45, 2.75) is 25.9 Å². The van der Waals surface area contributed by atoms with Crippen LogP contribution < -0.4 is 10.6 Å². The summed E-state index contributed by atoms with van der Waals surface area (Å²) in [4.78, 5) is 36.2. The van der Waals surface area contributed by atoms with Gasteiger partial charge in [0, 0.05) is 0 Å². The van der Waals surface area contributed by atoms with E-state index >= 15 is 0 Å². The van der Waals surface area contributed by atoms with E-state index in [2.05, 4.69) is 17.2 Å². The van der Waals surface area contributed by atoms with Crippen LogP contribution in [-0.2, 0) is 14.3 Å². The van der Waals surface area contributed by atoms with Gasteiger partial charge in [-0.2, -0.15) is 0 Å². The van der Waals surface area contributed by atoms with Crippen molar-refractivity contribution in [3.05, 3.63) is 47.5 Å². The molecule has 1 aromatic carbocycles. The van der Waals surface area contributed by atoms with Gasteiger partial charge in [-0.05, 0) is 18.1 Å². The topological polar surface area (TPSA) is 105 Å². The molecular formula is C18H23ClN2O5. The number of carbonyl (C=O) groups excluding carboxylic acids is 2. The molecule has 1 rings (SSSR count). The highest BCUT2D eigenvalue weighted by atomic mass is 35.5. The Morgan fingerprint density at radius 3 is 2.46 bits per heavy atom. The van der Waals surface area contributed by atoms with Gasteiger partial charge in [0.25, 0.3) is 5.91 Å². The number of halogens is 1. The zero-order chi connectivity index (χ0) is 19.7. The molecule has 0 bridgehead atoms. The number of carboxylic acid groups (broad SMARTS) is 1. The molecular weight excluding hydrogens is 360 g/mol. The summed E-state index contributed by atoms with van der Waals surface area (Å²) in [6.45, 7) is 6.89. The molecule has 0 aliphatic heterocycles. The lowest BCUT2D eigenvalue weighted by Gasteiger charge is -2.24. The second-order valence-electron chi connectivity index (χ2n) is 5.90. The molecule has 0 aliphatic rings. The Kier molecular flexibility index (Phi) is 8.81. The fraction of sp³-hybridized carbons (Fsp3) is 0.389. The van der Waals surface area contributed by atoms with Crippen molar-refractivity contribution in [2.75, 3.05) is 13.2 Å². The van der Waals surface area contributed by atoms with Gasteiger partial charge >= 0.3 is 5.97 Å². The first-order valence-electron chi connectivity index (χ1n) is 8.05. The quantitative estimate of drug-likeness (QED) is 0.423. The van der Waals surface area contributed by atoms with Gasteiger partial charge in [0.05, 0.1) is 23.8 Å². The molecule has 0 heterocycles. The number of nitrogens with one attached hydrogen (secondary N) is 2. The molecule has 0 saturated heterocycles. The molecule has 2 atom stereocenters. The highest BCUT2D eigenvalue weighted by Gasteiger charge is 2.29. The normalized spacial score (nSPS) is 12.9. The monoisotopic (exact) mass is 382 g/mol. The summed E-state index contributed by atoms with van der Waals surface area (Å²) < 4.78 is 5.10. The lowest BCUT2D eigenvalue weighted by atomic mass is 10.0. The van der Waals surface area contributed by atoms with Gasteiger partial charge in [0.2, 0.25) is 5.91 Å². The molecule has 0 fully saturated rings. The Labute approximate surface area is 157 Å². The number of hydrogen-bond donors (Lipinski definition) is 3. The zero-order valence-corrected chi connectivity index (χ0v) is 15.5. The van der Waals surface area contributed by atoms with Gasteiger partial charge in [-0.15, -0.1) is 6.58 Å². The number of rotatable bonds is 10. The van der Waals surface area contributed by atoms with Gasteiger partial charge in [0.1, 0.15) is 6.04 Å². The number of hydrogen-bond acceptors (Lipinski definition) is 4. The van der Waals surface area contributed by atoms with Crippen molar-refractivity contribution in [2.24, 2.45) is 5.92 Å². The summed E-state index contributed by atoms with van der Waals surface area (Å²) in [5.41, 5.74) is 0.233. The molecule has 0 radical (unpaired) electrons. The third kappa shape index (κ3) is 6.50. The standard InChI is InChI=1S/C18H23ClN2O5/c1-4-9-26-10-14(18(24)25)20-17(23)15(11(2)3)21-16(22)12-7-5-6-8-13(12)19/h4-8,11,14-15H,1,9-10H2,2-3H3,(H,20,23)(H,21,22)(H,24,25). The molecule has 2 amide bonds. The number of aliphatic carboxylic acids is 1. The van der Waals surface area contributed by atoms with Crippen molar-refractivity contribution < 1.29 is 24.2 Å². The van der Waals surface area contributed by atoms with Crippen LogP contribution in [0.2, 0.25) is 5.02 Å². The SMILES string of the molecule is C=CCOCC(NC(=O)C(NC(=O)c1ccccc1Cl)C(C)C)C(=O)O. The van der Waals surface area contributed by atoms with Gasteiger partial charge in [-0.1, -0.05) is 43.7 Å². The summed E-state index contributed by atoms with van der Waals surface area (Å²) in [5.74, 6) is -2.64. The number of amides is 2. The number of carboxylic acids is 1. The molecule has 0 aromatic heterocycles. The van der Waals surface area contributed by atoms with Crippen molar-refractivity contribution in [1.82, 2.24) is 10.6 Å².